The number of nitrogens with zero attached hydrogens (tertiary/aromatic N) is 3. The number of likely N-dealkylation sites (N-methyl/N-ethyl adjacent to an activating group) is 1. The predicted octanol–water partition coefficient (Wildman–Crippen LogP) is 2.08. The lowest BCUT2D eigenvalue weighted by Crippen LogP contribution is -2.31. The van der Waals surface area contributed by atoms with Crippen molar-refractivity contribution < 1.29 is 4.79 Å². The monoisotopic (exact) mass is 295 g/mol. The van der Waals surface area contributed by atoms with Crippen LogP contribution in [0, 0.1) is 4.77 Å². The summed E-state index contributed by atoms with van der Waals surface area (Å²) in [5.74, 6) is -0.0391. The third-order valence-electron chi connectivity index (χ3n) is 3.37. The molecule has 6 nitrogen and oxygen atoms in total. The number of fused-ring (bicyclic) bond motifs is 1. The maximum absolute atomic E-state index is 12.1. The van der Waals surface area contributed by atoms with E-state index in [1.807, 2.05) is 25.5 Å². The Bertz CT molecular complexity index is 681. The van der Waals surface area contributed by atoms with Gasteiger partial charge in [0.1, 0.15) is 11.6 Å². The highest BCUT2D eigenvalue weighted by Gasteiger charge is 2.22. The minimum absolute atomic E-state index is 0.0391. The van der Waals surface area contributed by atoms with Crippen LogP contribution in [-0.2, 0) is 18.3 Å². The fourth-order valence-corrected chi connectivity index (χ4v) is 2.79. The molecule has 2 heterocycles. The lowest BCUT2D eigenvalue weighted by Gasteiger charge is -2.13. The van der Waals surface area contributed by atoms with Gasteiger partial charge in [-0.15, -0.1) is 0 Å². The Balaban J connectivity index is 2.56. The van der Waals surface area contributed by atoms with Crippen LogP contribution in [0.25, 0.3) is 11.2 Å². The zero-order valence-corrected chi connectivity index (χ0v) is 13.2. The van der Waals surface area contributed by atoms with Gasteiger partial charge in [0.25, 0.3) is 0 Å². The van der Waals surface area contributed by atoms with Crippen molar-refractivity contribution in [3.05, 3.63) is 10.5 Å². The summed E-state index contributed by atoms with van der Waals surface area (Å²) in [6.45, 7) is 6.47. The van der Waals surface area contributed by atoms with Crippen molar-refractivity contribution in [3.63, 3.8) is 0 Å². The van der Waals surface area contributed by atoms with Crippen LogP contribution in [0.15, 0.2) is 0 Å². The van der Waals surface area contributed by atoms with E-state index in [0.717, 1.165) is 29.7 Å². The van der Waals surface area contributed by atoms with Crippen LogP contribution in [0.5, 0.6) is 0 Å². The van der Waals surface area contributed by atoms with E-state index in [-0.39, 0.29) is 11.9 Å². The number of amides is 1. The molecule has 0 saturated carbocycles. The zero-order valence-electron chi connectivity index (χ0n) is 12.4. The molecule has 0 aliphatic heterocycles. The number of imidazole rings is 1. The molecule has 1 amide bonds. The average Bonchev–Trinajstić information content (AvgIpc) is 2.88. The molecule has 0 aliphatic rings. The van der Waals surface area contributed by atoms with Crippen LogP contribution in [0.3, 0.4) is 0 Å². The molecular weight excluding hydrogens is 274 g/mol. The van der Waals surface area contributed by atoms with Crippen molar-refractivity contribution >= 4 is 29.3 Å². The summed E-state index contributed by atoms with van der Waals surface area (Å²) in [5.41, 5.74) is 2.81. The van der Waals surface area contributed by atoms with Gasteiger partial charge in [-0.3, -0.25) is 14.0 Å². The van der Waals surface area contributed by atoms with Gasteiger partial charge in [0.15, 0.2) is 10.4 Å². The highest BCUT2D eigenvalue weighted by atomic mass is 32.1. The van der Waals surface area contributed by atoms with E-state index in [4.69, 9.17) is 12.2 Å². The van der Waals surface area contributed by atoms with E-state index >= 15 is 0 Å². The minimum Gasteiger partial charge on any atom is -0.355 e. The van der Waals surface area contributed by atoms with Crippen LogP contribution in [0.1, 0.15) is 38.9 Å². The standard InChI is InChI=1S/C13H21N5OS/c1-5-7-9-10-12(17(4)16-9)18(13(20)15-10)8(3)11(19)14-6-2/h8H,5-7H2,1-4H3,(H,14,19)(H,15,20). The summed E-state index contributed by atoms with van der Waals surface area (Å²) in [7, 11) is 1.88. The van der Waals surface area contributed by atoms with Crippen molar-refractivity contribution in [1.29, 1.82) is 0 Å². The molecular formula is C13H21N5OS. The van der Waals surface area contributed by atoms with Crippen molar-refractivity contribution in [2.45, 2.75) is 39.7 Å². The Kier molecular flexibility index (Phi) is 4.27. The first kappa shape index (κ1) is 14.8. The molecule has 1 unspecified atom stereocenters. The summed E-state index contributed by atoms with van der Waals surface area (Å²) in [5, 5.41) is 7.34. The number of hydrogen-bond donors (Lipinski definition) is 2. The Hall–Kier alpha value is -1.63. The Labute approximate surface area is 123 Å². The van der Waals surface area contributed by atoms with Crippen LogP contribution < -0.4 is 5.32 Å². The van der Waals surface area contributed by atoms with Gasteiger partial charge in [0.2, 0.25) is 5.91 Å². The van der Waals surface area contributed by atoms with E-state index in [1.54, 1.807) is 4.68 Å². The molecule has 0 bridgehead atoms. The molecule has 2 rings (SSSR count). The highest BCUT2D eigenvalue weighted by molar-refractivity contribution is 7.71. The van der Waals surface area contributed by atoms with Crippen molar-refractivity contribution in [2.75, 3.05) is 6.54 Å². The third kappa shape index (κ3) is 2.37. The van der Waals surface area contributed by atoms with Gasteiger partial charge >= 0.3 is 0 Å². The second-order valence-electron chi connectivity index (χ2n) is 4.89. The molecule has 0 fully saturated rings. The summed E-state index contributed by atoms with van der Waals surface area (Å²) in [6, 6.07) is -0.360. The van der Waals surface area contributed by atoms with E-state index in [9.17, 15) is 4.79 Å². The van der Waals surface area contributed by atoms with Gasteiger partial charge in [-0.2, -0.15) is 5.10 Å². The smallest absolute Gasteiger partial charge is 0.242 e. The molecule has 20 heavy (non-hydrogen) atoms. The van der Waals surface area contributed by atoms with Crippen LogP contribution in [-0.4, -0.2) is 31.8 Å². The summed E-state index contributed by atoms with van der Waals surface area (Å²) < 4.78 is 4.19. The number of hydrogen-bond acceptors (Lipinski definition) is 3. The first-order valence-corrected chi connectivity index (χ1v) is 7.35. The van der Waals surface area contributed by atoms with Crippen molar-refractivity contribution in [3.8, 4) is 0 Å². The van der Waals surface area contributed by atoms with E-state index < -0.39 is 0 Å². The number of rotatable bonds is 5. The average molecular weight is 295 g/mol. The number of aromatic amines is 1. The number of nitrogens with one attached hydrogen (secondary N) is 2. The number of aromatic nitrogens is 4. The Morgan fingerprint density at radius 1 is 1.50 bits per heavy atom. The van der Waals surface area contributed by atoms with Crippen molar-refractivity contribution in [2.24, 2.45) is 7.05 Å². The second-order valence-corrected chi connectivity index (χ2v) is 5.28. The second kappa shape index (κ2) is 5.78. The molecule has 0 radical (unpaired) electrons. The van der Waals surface area contributed by atoms with Gasteiger partial charge in [0, 0.05) is 13.6 Å². The highest BCUT2D eigenvalue weighted by Crippen LogP contribution is 2.22. The minimum atomic E-state index is -0.360. The number of aryl methyl sites for hydroxylation is 2. The normalized spacial score (nSPS) is 12.8. The molecule has 7 heteroatoms. The topological polar surface area (TPSA) is 67.6 Å². The zero-order chi connectivity index (χ0) is 14.9. The van der Waals surface area contributed by atoms with E-state index in [0.29, 0.717) is 11.3 Å². The van der Waals surface area contributed by atoms with Crippen LogP contribution in [0.2, 0.25) is 0 Å². The summed E-state index contributed by atoms with van der Waals surface area (Å²) in [4.78, 5) is 15.3. The first-order valence-electron chi connectivity index (χ1n) is 6.95. The van der Waals surface area contributed by atoms with Gasteiger partial charge in [-0.1, -0.05) is 13.3 Å². The lowest BCUT2D eigenvalue weighted by atomic mass is 10.2. The molecule has 2 N–H and O–H groups in total. The Morgan fingerprint density at radius 2 is 2.20 bits per heavy atom. The largest absolute Gasteiger partial charge is 0.355 e. The molecule has 1 atom stereocenters. The van der Waals surface area contributed by atoms with Gasteiger partial charge in [0.05, 0.1) is 5.69 Å². The lowest BCUT2D eigenvalue weighted by molar-refractivity contribution is -0.123. The fourth-order valence-electron chi connectivity index (χ4n) is 2.45. The van der Waals surface area contributed by atoms with Gasteiger partial charge in [-0.05, 0) is 32.5 Å². The first-order chi connectivity index (χ1) is 9.51. The molecule has 0 saturated heterocycles. The quantitative estimate of drug-likeness (QED) is 0.830. The number of carbonyl (C=O) groups is 1. The molecule has 2 aromatic rings. The molecule has 0 aliphatic carbocycles. The fraction of sp³-hybridized carbons (Fsp3) is 0.615. The summed E-state index contributed by atoms with van der Waals surface area (Å²) in [6.07, 6.45) is 1.91. The predicted molar refractivity (Wildman–Crippen MR) is 81.3 cm³/mol. The molecule has 110 valence electrons. The maximum Gasteiger partial charge on any atom is 0.242 e. The number of H-pyrrole nitrogens is 1. The van der Waals surface area contributed by atoms with E-state index in [1.165, 1.54) is 0 Å². The molecule has 2 aromatic heterocycles. The van der Waals surface area contributed by atoms with Gasteiger partial charge < -0.3 is 10.3 Å². The SMILES string of the molecule is CCCc1nn(C)c2c1[nH]c(=S)n2C(C)C(=O)NCC. The van der Waals surface area contributed by atoms with E-state index in [2.05, 4.69) is 22.3 Å². The van der Waals surface area contributed by atoms with Gasteiger partial charge in [-0.25, -0.2) is 0 Å². The third-order valence-corrected chi connectivity index (χ3v) is 3.67. The van der Waals surface area contributed by atoms with Crippen LogP contribution >= 0.6 is 12.2 Å². The molecule has 0 spiro atoms. The number of carbonyl (C=O) groups excluding carboxylic acids is 1. The maximum atomic E-state index is 12.1. The van der Waals surface area contributed by atoms with Crippen molar-refractivity contribution in [1.82, 2.24) is 24.6 Å². The molecule has 0 aromatic carbocycles. The van der Waals surface area contributed by atoms with Crippen LogP contribution in [0.4, 0.5) is 0 Å². The summed E-state index contributed by atoms with van der Waals surface area (Å²) >= 11 is 5.38. The Morgan fingerprint density at radius 3 is 2.80 bits per heavy atom.